The van der Waals surface area contributed by atoms with Gasteiger partial charge in [-0.25, -0.2) is 0 Å². The number of rotatable bonds is 3. The monoisotopic (exact) mass is 244 g/mol. The maximum atomic E-state index is 11.0. The van der Waals surface area contributed by atoms with Crippen molar-refractivity contribution in [3.63, 3.8) is 0 Å². The van der Waals surface area contributed by atoms with Gasteiger partial charge in [-0.3, -0.25) is 4.79 Å². The van der Waals surface area contributed by atoms with Crippen LogP contribution in [0.4, 0.5) is 0 Å². The van der Waals surface area contributed by atoms with Gasteiger partial charge in [0.05, 0.1) is 0 Å². The summed E-state index contributed by atoms with van der Waals surface area (Å²) in [7, 11) is 0. The number of hydrogen-bond donors (Lipinski definition) is 0. The van der Waals surface area contributed by atoms with E-state index in [0.29, 0.717) is 11.7 Å². The zero-order valence-corrected chi connectivity index (χ0v) is 11.4. The first-order chi connectivity index (χ1) is 8.42. The lowest BCUT2D eigenvalue weighted by atomic mass is 9.65. The lowest BCUT2D eigenvalue weighted by molar-refractivity contribution is 0.109. The van der Waals surface area contributed by atoms with E-state index >= 15 is 0 Å². The van der Waals surface area contributed by atoms with Gasteiger partial charge < -0.3 is 4.42 Å². The molecule has 0 radical (unpaired) electrons. The molecule has 0 aromatic carbocycles. The van der Waals surface area contributed by atoms with Crippen LogP contribution in [0.15, 0.2) is 29.2 Å². The third kappa shape index (κ3) is 1.76. The van der Waals surface area contributed by atoms with Crippen molar-refractivity contribution in [2.75, 3.05) is 0 Å². The minimum absolute atomic E-state index is 0.0384. The highest BCUT2D eigenvalue weighted by molar-refractivity contribution is 5.74. The molecule has 0 bridgehead atoms. The minimum atomic E-state index is -0.0384. The smallest absolute Gasteiger partial charge is 0.185 e. The van der Waals surface area contributed by atoms with Gasteiger partial charge in [0.1, 0.15) is 5.76 Å². The largest absolute Gasteiger partial charge is 0.458 e. The summed E-state index contributed by atoms with van der Waals surface area (Å²) in [5.74, 6) is 1.77. The molecular formula is C16H20O2. The second-order valence-corrected chi connectivity index (χ2v) is 5.60. The fourth-order valence-electron chi connectivity index (χ4n) is 3.01. The van der Waals surface area contributed by atoms with Crippen LogP contribution >= 0.6 is 0 Å². The van der Waals surface area contributed by atoms with Gasteiger partial charge in [-0.1, -0.05) is 25.2 Å². The van der Waals surface area contributed by atoms with Gasteiger partial charge in [0.25, 0.3) is 0 Å². The van der Waals surface area contributed by atoms with E-state index in [1.165, 1.54) is 5.56 Å². The first kappa shape index (κ1) is 12.9. The maximum Gasteiger partial charge on any atom is 0.185 e. The number of hydrogen-bond acceptors (Lipinski definition) is 2. The zero-order valence-electron chi connectivity index (χ0n) is 11.4. The van der Waals surface area contributed by atoms with Crippen LogP contribution in [-0.2, 0) is 12.8 Å². The zero-order chi connectivity index (χ0) is 13.5. The summed E-state index contributed by atoms with van der Waals surface area (Å²) < 4.78 is 5.67. The van der Waals surface area contributed by atoms with E-state index in [-0.39, 0.29) is 5.41 Å². The first-order valence-electron chi connectivity index (χ1n) is 6.28. The number of aldehydes is 1. The SMILES string of the molecule is C=C[C@]1(C)Cc2oc(C=O)c(C)c2C[C@H]1C(=C)C. The van der Waals surface area contributed by atoms with Gasteiger partial charge in [-0.2, -0.15) is 0 Å². The average Bonchev–Trinajstić information content (AvgIpc) is 2.63. The highest BCUT2D eigenvalue weighted by Gasteiger charge is 2.39. The number of carbonyl (C=O) groups excluding carboxylic acids is 1. The van der Waals surface area contributed by atoms with E-state index in [2.05, 4.69) is 27.0 Å². The Balaban J connectivity index is 2.53. The Morgan fingerprint density at radius 3 is 2.72 bits per heavy atom. The van der Waals surface area contributed by atoms with Gasteiger partial charge in [-0.05, 0) is 37.2 Å². The molecule has 1 heterocycles. The van der Waals surface area contributed by atoms with Crippen molar-refractivity contribution in [2.24, 2.45) is 11.3 Å². The molecule has 2 heteroatoms. The molecule has 1 aliphatic rings. The summed E-state index contributed by atoms with van der Waals surface area (Å²) in [6, 6.07) is 0. The summed E-state index contributed by atoms with van der Waals surface area (Å²) >= 11 is 0. The molecule has 18 heavy (non-hydrogen) atoms. The Labute approximate surface area is 108 Å². The Morgan fingerprint density at radius 2 is 2.22 bits per heavy atom. The number of allylic oxidation sites excluding steroid dienone is 2. The van der Waals surface area contributed by atoms with E-state index in [1.807, 2.05) is 13.0 Å². The lowest BCUT2D eigenvalue weighted by Gasteiger charge is -2.39. The molecule has 1 aliphatic carbocycles. The molecule has 0 amide bonds. The van der Waals surface area contributed by atoms with Gasteiger partial charge in [0.15, 0.2) is 12.0 Å². The van der Waals surface area contributed by atoms with Gasteiger partial charge in [-0.15, -0.1) is 6.58 Å². The number of carbonyl (C=O) groups is 1. The van der Waals surface area contributed by atoms with Crippen molar-refractivity contribution in [1.29, 1.82) is 0 Å². The van der Waals surface area contributed by atoms with Gasteiger partial charge in [0, 0.05) is 12.0 Å². The van der Waals surface area contributed by atoms with Crippen molar-refractivity contribution in [1.82, 2.24) is 0 Å². The summed E-state index contributed by atoms with van der Waals surface area (Å²) in [6.07, 6.45) is 4.47. The molecule has 0 N–H and O–H groups in total. The molecule has 0 aliphatic heterocycles. The molecule has 2 atom stereocenters. The standard InChI is InChI=1S/C16H20O2/c1-6-16(5)8-14-12(7-13(16)10(2)3)11(4)15(9-17)18-14/h6,9,13H,1-2,7-8H2,3-5H3/t13-,16+/m0/s1. The molecule has 0 saturated heterocycles. The van der Waals surface area contributed by atoms with Crippen LogP contribution in [0.1, 0.15) is 41.3 Å². The van der Waals surface area contributed by atoms with Crippen LogP contribution in [0.5, 0.6) is 0 Å². The van der Waals surface area contributed by atoms with Crippen molar-refractivity contribution in [3.8, 4) is 0 Å². The summed E-state index contributed by atoms with van der Waals surface area (Å²) in [6.45, 7) is 14.3. The number of furan rings is 1. The molecular weight excluding hydrogens is 224 g/mol. The Hall–Kier alpha value is -1.57. The number of fused-ring (bicyclic) bond motifs is 1. The highest BCUT2D eigenvalue weighted by Crippen LogP contribution is 2.45. The van der Waals surface area contributed by atoms with Crippen LogP contribution in [0, 0.1) is 18.3 Å². The van der Waals surface area contributed by atoms with Crippen LogP contribution in [0.3, 0.4) is 0 Å². The van der Waals surface area contributed by atoms with Crippen molar-refractivity contribution < 1.29 is 9.21 Å². The molecule has 2 rings (SSSR count). The molecule has 1 aromatic heterocycles. The van der Waals surface area contributed by atoms with Crippen LogP contribution in [0.2, 0.25) is 0 Å². The topological polar surface area (TPSA) is 30.2 Å². The second kappa shape index (κ2) is 4.27. The molecule has 0 fully saturated rings. The predicted octanol–water partition coefficient (Wildman–Crippen LogP) is 3.88. The van der Waals surface area contributed by atoms with E-state index in [1.54, 1.807) is 0 Å². The molecule has 96 valence electrons. The molecule has 0 saturated carbocycles. The fourth-order valence-corrected chi connectivity index (χ4v) is 3.01. The summed E-state index contributed by atoms with van der Waals surface area (Å²) in [5.41, 5.74) is 3.29. The van der Waals surface area contributed by atoms with Crippen molar-refractivity contribution in [3.05, 3.63) is 47.5 Å². The third-order valence-electron chi connectivity index (χ3n) is 4.31. The molecule has 0 unspecified atom stereocenters. The molecule has 2 nitrogen and oxygen atoms in total. The Morgan fingerprint density at radius 1 is 1.56 bits per heavy atom. The Kier molecular flexibility index (Phi) is 3.05. The predicted molar refractivity (Wildman–Crippen MR) is 72.8 cm³/mol. The lowest BCUT2D eigenvalue weighted by Crippen LogP contribution is -2.34. The van der Waals surface area contributed by atoms with E-state index in [4.69, 9.17) is 4.42 Å². The van der Waals surface area contributed by atoms with Crippen molar-refractivity contribution >= 4 is 6.29 Å². The molecule has 0 spiro atoms. The quantitative estimate of drug-likeness (QED) is 0.596. The Bertz CT molecular complexity index is 521. The van der Waals surface area contributed by atoms with E-state index in [9.17, 15) is 4.79 Å². The van der Waals surface area contributed by atoms with E-state index < -0.39 is 0 Å². The van der Waals surface area contributed by atoms with Crippen molar-refractivity contribution in [2.45, 2.75) is 33.6 Å². The summed E-state index contributed by atoms with van der Waals surface area (Å²) in [5, 5.41) is 0. The fraction of sp³-hybridized carbons (Fsp3) is 0.438. The average molecular weight is 244 g/mol. The normalized spacial score (nSPS) is 26.5. The van der Waals surface area contributed by atoms with Crippen LogP contribution < -0.4 is 0 Å². The highest BCUT2D eigenvalue weighted by atomic mass is 16.3. The second-order valence-electron chi connectivity index (χ2n) is 5.60. The van der Waals surface area contributed by atoms with Gasteiger partial charge in [0.2, 0.25) is 0 Å². The van der Waals surface area contributed by atoms with Gasteiger partial charge >= 0.3 is 0 Å². The summed E-state index contributed by atoms with van der Waals surface area (Å²) in [4.78, 5) is 11.0. The van der Waals surface area contributed by atoms with E-state index in [0.717, 1.165) is 36.0 Å². The minimum Gasteiger partial charge on any atom is -0.458 e. The third-order valence-corrected chi connectivity index (χ3v) is 4.31. The maximum absolute atomic E-state index is 11.0. The first-order valence-corrected chi connectivity index (χ1v) is 6.28. The molecule has 1 aromatic rings. The van der Waals surface area contributed by atoms with Crippen LogP contribution in [0.25, 0.3) is 0 Å². The van der Waals surface area contributed by atoms with Crippen LogP contribution in [-0.4, -0.2) is 6.29 Å².